The number of halogens is 2. The summed E-state index contributed by atoms with van der Waals surface area (Å²) in [5.41, 5.74) is 0.990. The van der Waals surface area contributed by atoms with Gasteiger partial charge in [0.25, 0.3) is 0 Å². The molecule has 0 spiro atoms. The first kappa shape index (κ1) is 18.6. The third kappa shape index (κ3) is 3.80. The molecule has 2 aromatic carbocycles. The van der Waals surface area contributed by atoms with Crippen LogP contribution in [-0.4, -0.2) is 19.9 Å². The van der Waals surface area contributed by atoms with Crippen molar-refractivity contribution in [3.63, 3.8) is 0 Å². The molecule has 0 atom stereocenters. The molecule has 2 aromatic heterocycles. The standard InChI is InChI=1S/C18H12F2N6O2S/c1-9-2-5-12-14(6-9)29-18(24-12)25-17-15(26(27)28)16(21-8-22-17)23-13-7-10(19)3-4-11(13)20/h2-8H,1H3,(H2,21,22,23,24,25). The number of nitrogens with zero attached hydrogens (tertiary/aromatic N) is 4. The smallest absolute Gasteiger partial charge is 0.332 e. The minimum atomic E-state index is -0.782. The zero-order valence-electron chi connectivity index (χ0n) is 14.8. The van der Waals surface area contributed by atoms with E-state index < -0.39 is 22.2 Å². The number of fused-ring (bicyclic) bond motifs is 1. The lowest BCUT2D eigenvalue weighted by atomic mass is 10.2. The van der Waals surface area contributed by atoms with Crippen LogP contribution in [0.3, 0.4) is 0 Å². The quantitative estimate of drug-likeness (QED) is 0.347. The van der Waals surface area contributed by atoms with E-state index in [4.69, 9.17) is 0 Å². The van der Waals surface area contributed by atoms with Gasteiger partial charge in [-0.2, -0.15) is 0 Å². The van der Waals surface area contributed by atoms with E-state index in [0.29, 0.717) is 5.13 Å². The van der Waals surface area contributed by atoms with Gasteiger partial charge in [0.2, 0.25) is 11.6 Å². The van der Waals surface area contributed by atoms with E-state index in [1.807, 2.05) is 25.1 Å². The van der Waals surface area contributed by atoms with E-state index in [2.05, 4.69) is 25.6 Å². The van der Waals surface area contributed by atoms with Crippen LogP contribution >= 0.6 is 11.3 Å². The van der Waals surface area contributed by atoms with Crippen LogP contribution in [0.1, 0.15) is 5.56 Å². The number of nitrogens with one attached hydrogen (secondary N) is 2. The lowest BCUT2D eigenvalue weighted by Crippen LogP contribution is -2.06. The predicted molar refractivity (Wildman–Crippen MR) is 106 cm³/mol. The molecule has 2 N–H and O–H groups in total. The second-order valence-electron chi connectivity index (χ2n) is 6.04. The average molecular weight is 414 g/mol. The number of thiazole rings is 1. The summed E-state index contributed by atoms with van der Waals surface area (Å²) in [6, 6.07) is 8.44. The van der Waals surface area contributed by atoms with Crippen molar-refractivity contribution in [2.24, 2.45) is 0 Å². The summed E-state index contributed by atoms with van der Waals surface area (Å²) < 4.78 is 28.2. The Kier molecular flexibility index (Phi) is 4.72. The molecule has 11 heteroatoms. The van der Waals surface area contributed by atoms with Crippen LogP contribution in [0.15, 0.2) is 42.7 Å². The summed E-state index contributed by atoms with van der Waals surface area (Å²) in [6.45, 7) is 1.95. The molecule has 4 aromatic rings. The van der Waals surface area contributed by atoms with Gasteiger partial charge in [0, 0.05) is 6.07 Å². The van der Waals surface area contributed by atoms with Gasteiger partial charge >= 0.3 is 5.69 Å². The fraction of sp³-hybridized carbons (Fsp3) is 0.0556. The number of hydrogen-bond donors (Lipinski definition) is 2. The van der Waals surface area contributed by atoms with Gasteiger partial charge in [-0.3, -0.25) is 10.1 Å². The summed E-state index contributed by atoms with van der Waals surface area (Å²) in [5.74, 6) is -1.89. The fourth-order valence-corrected chi connectivity index (χ4v) is 3.61. The number of aromatic nitrogens is 3. The summed E-state index contributed by atoms with van der Waals surface area (Å²) in [6.07, 6.45) is 1.08. The third-order valence-electron chi connectivity index (χ3n) is 3.96. The van der Waals surface area contributed by atoms with Crippen LogP contribution in [0.4, 0.5) is 36.9 Å². The average Bonchev–Trinajstić information content (AvgIpc) is 3.06. The van der Waals surface area contributed by atoms with Crippen LogP contribution < -0.4 is 10.6 Å². The lowest BCUT2D eigenvalue weighted by molar-refractivity contribution is -0.383. The highest BCUT2D eigenvalue weighted by atomic mass is 32.1. The molecule has 0 fully saturated rings. The van der Waals surface area contributed by atoms with Gasteiger partial charge in [-0.25, -0.2) is 23.7 Å². The molecule has 0 aliphatic rings. The molecule has 146 valence electrons. The molecule has 2 heterocycles. The Labute approximate surface area is 166 Å². The van der Waals surface area contributed by atoms with Gasteiger partial charge in [-0.15, -0.1) is 0 Å². The minimum absolute atomic E-state index is 0.125. The van der Waals surface area contributed by atoms with Gasteiger partial charge in [0.1, 0.15) is 18.0 Å². The Morgan fingerprint density at radius 3 is 2.59 bits per heavy atom. The number of aryl methyl sites for hydroxylation is 1. The lowest BCUT2D eigenvalue weighted by Gasteiger charge is -2.09. The molecule has 29 heavy (non-hydrogen) atoms. The molecule has 0 aliphatic heterocycles. The summed E-state index contributed by atoms with van der Waals surface area (Å²) in [7, 11) is 0. The number of anilines is 4. The molecule has 4 rings (SSSR count). The van der Waals surface area contributed by atoms with Crippen LogP contribution in [0.25, 0.3) is 10.2 Å². The zero-order valence-corrected chi connectivity index (χ0v) is 15.6. The molecule has 0 radical (unpaired) electrons. The van der Waals surface area contributed by atoms with E-state index in [9.17, 15) is 18.9 Å². The summed E-state index contributed by atoms with van der Waals surface area (Å²) in [4.78, 5) is 23.1. The molecule has 0 amide bonds. The molecule has 0 saturated carbocycles. The third-order valence-corrected chi connectivity index (χ3v) is 4.89. The predicted octanol–water partition coefficient (Wildman–Crippen LogP) is 5.07. The highest BCUT2D eigenvalue weighted by Gasteiger charge is 2.25. The molecule has 0 saturated heterocycles. The fourth-order valence-electron chi connectivity index (χ4n) is 2.64. The monoisotopic (exact) mass is 414 g/mol. The van der Waals surface area contributed by atoms with Crippen LogP contribution in [-0.2, 0) is 0 Å². The topological polar surface area (TPSA) is 106 Å². The number of rotatable bonds is 5. The molecular weight excluding hydrogens is 402 g/mol. The van der Waals surface area contributed by atoms with Crippen molar-refractivity contribution in [3.8, 4) is 0 Å². The van der Waals surface area contributed by atoms with Gasteiger partial charge in [-0.1, -0.05) is 17.4 Å². The zero-order chi connectivity index (χ0) is 20.5. The van der Waals surface area contributed by atoms with Crippen molar-refractivity contribution in [1.82, 2.24) is 15.0 Å². The Morgan fingerprint density at radius 1 is 1.07 bits per heavy atom. The maximum atomic E-state index is 13.9. The maximum absolute atomic E-state index is 13.9. The van der Waals surface area contributed by atoms with Gasteiger partial charge < -0.3 is 10.6 Å². The summed E-state index contributed by atoms with van der Waals surface area (Å²) >= 11 is 1.31. The Bertz CT molecular complexity index is 1250. The van der Waals surface area contributed by atoms with E-state index in [1.165, 1.54) is 11.3 Å². The number of nitro groups is 1. The highest BCUT2D eigenvalue weighted by molar-refractivity contribution is 7.22. The molecule has 0 bridgehead atoms. The molecular formula is C18H12F2N6O2S. The maximum Gasteiger partial charge on any atom is 0.353 e. The molecule has 0 unspecified atom stereocenters. The van der Waals surface area contributed by atoms with Crippen LogP contribution in [0.5, 0.6) is 0 Å². The first-order valence-electron chi connectivity index (χ1n) is 8.26. The van der Waals surface area contributed by atoms with Crippen molar-refractivity contribution in [2.75, 3.05) is 10.6 Å². The second-order valence-corrected chi connectivity index (χ2v) is 7.07. The van der Waals surface area contributed by atoms with Crippen molar-refractivity contribution in [3.05, 3.63) is 70.0 Å². The Hall–Kier alpha value is -3.73. The first-order chi connectivity index (χ1) is 13.9. The largest absolute Gasteiger partial charge is 0.353 e. The molecule has 8 nitrogen and oxygen atoms in total. The van der Waals surface area contributed by atoms with E-state index in [0.717, 1.165) is 40.3 Å². The van der Waals surface area contributed by atoms with Crippen molar-refractivity contribution in [2.45, 2.75) is 6.92 Å². The molecule has 0 aliphatic carbocycles. The summed E-state index contributed by atoms with van der Waals surface area (Å²) in [5, 5.41) is 17.3. The number of hydrogen-bond acceptors (Lipinski definition) is 8. The van der Waals surface area contributed by atoms with Crippen LogP contribution in [0, 0.1) is 28.7 Å². The Balaban J connectivity index is 1.72. The minimum Gasteiger partial charge on any atom is -0.332 e. The van der Waals surface area contributed by atoms with E-state index in [1.54, 1.807) is 0 Å². The van der Waals surface area contributed by atoms with Crippen molar-refractivity contribution in [1.29, 1.82) is 0 Å². The Morgan fingerprint density at radius 2 is 1.83 bits per heavy atom. The van der Waals surface area contributed by atoms with Crippen molar-refractivity contribution >= 4 is 49.7 Å². The second kappa shape index (κ2) is 7.36. The van der Waals surface area contributed by atoms with Crippen molar-refractivity contribution < 1.29 is 13.7 Å². The van der Waals surface area contributed by atoms with E-state index in [-0.39, 0.29) is 17.3 Å². The first-order valence-corrected chi connectivity index (χ1v) is 9.08. The van der Waals surface area contributed by atoms with Gasteiger partial charge in [0.15, 0.2) is 5.13 Å². The van der Waals surface area contributed by atoms with Gasteiger partial charge in [-0.05, 0) is 36.8 Å². The normalized spacial score (nSPS) is 10.9. The number of benzene rings is 2. The SMILES string of the molecule is Cc1ccc2nc(Nc3ncnc(Nc4cc(F)ccc4F)c3[N+](=O)[O-])sc2c1. The van der Waals surface area contributed by atoms with E-state index >= 15 is 0 Å². The highest BCUT2D eigenvalue weighted by Crippen LogP contribution is 2.35. The van der Waals surface area contributed by atoms with Crippen LogP contribution in [0.2, 0.25) is 0 Å². The van der Waals surface area contributed by atoms with Gasteiger partial charge in [0.05, 0.1) is 20.8 Å².